The fourth-order valence-electron chi connectivity index (χ4n) is 3.06. The molecule has 3 N–H and O–H groups in total. The number of rotatable bonds is 15. The van der Waals surface area contributed by atoms with E-state index in [2.05, 4.69) is 5.32 Å². The molecule has 1 fully saturated rings. The molecule has 8 heteroatoms. The summed E-state index contributed by atoms with van der Waals surface area (Å²) in [6, 6.07) is -0.378. The van der Waals surface area contributed by atoms with Crippen LogP contribution in [0.4, 0.5) is 0 Å². The molecule has 0 aliphatic carbocycles. The maximum atomic E-state index is 12.5. The number of amides is 2. The van der Waals surface area contributed by atoms with Crippen molar-refractivity contribution in [1.82, 2.24) is 10.2 Å². The van der Waals surface area contributed by atoms with Crippen LogP contribution in [0.5, 0.6) is 0 Å². The number of likely N-dealkylation sites (tertiary alicyclic amines) is 1. The summed E-state index contributed by atoms with van der Waals surface area (Å²) in [6.07, 6.45) is 6.72. The number of piperidine rings is 1. The smallest absolute Gasteiger partial charge is 0.249 e. The number of hydrogen-bond donors (Lipinski definition) is 2. The van der Waals surface area contributed by atoms with Crippen LogP contribution in [0.3, 0.4) is 0 Å². The van der Waals surface area contributed by atoms with Crippen molar-refractivity contribution in [3.8, 4) is 0 Å². The summed E-state index contributed by atoms with van der Waals surface area (Å²) in [7, 11) is 1.62. The highest BCUT2D eigenvalue weighted by molar-refractivity contribution is 5.88. The second kappa shape index (κ2) is 15.8. The zero-order valence-corrected chi connectivity index (χ0v) is 16.7. The van der Waals surface area contributed by atoms with E-state index in [9.17, 15) is 9.59 Å². The lowest BCUT2D eigenvalue weighted by molar-refractivity contribution is -0.146. The van der Waals surface area contributed by atoms with E-state index in [4.69, 9.17) is 19.9 Å². The van der Waals surface area contributed by atoms with Gasteiger partial charge in [-0.05, 0) is 38.6 Å². The van der Waals surface area contributed by atoms with Gasteiger partial charge in [0.05, 0.1) is 26.4 Å². The third kappa shape index (κ3) is 10.6. The normalized spacial score (nSPS) is 17.1. The number of nitrogens with zero attached hydrogens (tertiary/aromatic N) is 1. The van der Waals surface area contributed by atoms with Gasteiger partial charge < -0.3 is 30.2 Å². The van der Waals surface area contributed by atoms with Gasteiger partial charge in [-0.2, -0.15) is 0 Å². The zero-order valence-electron chi connectivity index (χ0n) is 16.7. The number of carbonyl (C=O) groups is 2. The standard InChI is InChI=1S/C19H37N3O5/c1-25-12-13-26-14-15-27-16-18(23)22-11-7-4-8-17(22)19(24)21-10-6-3-2-5-9-20/h17H,2-16,20H2,1H3,(H,21,24). The van der Waals surface area contributed by atoms with E-state index in [1.54, 1.807) is 12.0 Å². The third-order valence-corrected chi connectivity index (χ3v) is 4.59. The number of methoxy groups -OCH3 is 1. The summed E-state index contributed by atoms with van der Waals surface area (Å²) in [5.74, 6) is -0.181. The van der Waals surface area contributed by atoms with Crippen LogP contribution in [0.25, 0.3) is 0 Å². The number of hydrogen-bond acceptors (Lipinski definition) is 6. The molecule has 0 aromatic carbocycles. The summed E-state index contributed by atoms with van der Waals surface area (Å²) in [6.45, 7) is 3.78. The predicted octanol–water partition coefficient (Wildman–Crippen LogP) is 0.682. The molecule has 1 rings (SSSR count). The first kappa shape index (κ1) is 23.8. The molecule has 1 heterocycles. The van der Waals surface area contributed by atoms with Crippen LogP contribution in [0.1, 0.15) is 44.9 Å². The minimum Gasteiger partial charge on any atom is -0.382 e. The highest BCUT2D eigenvalue weighted by Gasteiger charge is 2.31. The maximum Gasteiger partial charge on any atom is 0.249 e. The van der Waals surface area contributed by atoms with Gasteiger partial charge in [-0.25, -0.2) is 0 Å². The van der Waals surface area contributed by atoms with Gasteiger partial charge in [-0.1, -0.05) is 12.8 Å². The van der Waals surface area contributed by atoms with Gasteiger partial charge in [0, 0.05) is 20.2 Å². The van der Waals surface area contributed by atoms with Crippen molar-refractivity contribution in [2.45, 2.75) is 51.0 Å². The Morgan fingerprint density at radius 1 is 1.04 bits per heavy atom. The quantitative estimate of drug-likeness (QED) is 0.401. The van der Waals surface area contributed by atoms with E-state index < -0.39 is 0 Å². The molecule has 0 spiro atoms. The molecule has 1 saturated heterocycles. The molecule has 27 heavy (non-hydrogen) atoms. The minimum atomic E-state index is -0.378. The third-order valence-electron chi connectivity index (χ3n) is 4.59. The van der Waals surface area contributed by atoms with Gasteiger partial charge in [-0.3, -0.25) is 9.59 Å². The van der Waals surface area contributed by atoms with Crippen molar-refractivity contribution in [3.63, 3.8) is 0 Å². The fourth-order valence-corrected chi connectivity index (χ4v) is 3.06. The second-order valence-corrected chi connectivity index (χ2v) is 6.75. The molecular weight excluding hydrogens is 350 g/mol. The van der Waals surface area contributed by atoms with Gasteiger partial charge in [0.1, 0.15) is 12.6 Å². The molecule has 0 saturated carbocycles. The van der Waals surface area contributed by atoms with E-state index in [1.165, 1.54) is 0 Å². The number of nitrogens with two attached hydrogens (primary N) is 1. The van der Waals surface area contributed by atoms with E-state index in [0.29, 0.717) is 52.5 Å². The Hall–Kier alpha value is -1.22. The monoisotopic (exact) mass is 387 g/mol. The molecule has 0 radical (unpaired) electrons. The first-order chi connectivity index (χ1) is 13.2. The lowest BCUT2D eigenvalue weighted by atomic mass is 10.0. The van der Waals surface area contributed by atoms with Gasteiger partial charge in [-0.15, -0.1) is 0 Å². The average molecular weight is 388 g/mol. The van der Waals surface area contributed by atoms with Crippen molar-refractivity contribution in [2.24, 2.45) is 5.73 Å². The second-order valence-electron chi connectivity index (χ2n) is 6.75. The first-order valence-electron chi connectivity index (χ1n) is 10.1. The van der Waals surface area contributed by atoms with E-state index in [-0.39, 0.29) is 24.5 Å². The molecule has 1 aliphatic rings. The van der Waals surface area contributed by atoms with Crippen molar-refractivity contribution in [1.29, 1.82) is 0 Å². The summed E-state index contributed by atoms with van der Waals surface area (Å²) >= 11 is 0. The van der Waals surface area contributed by atoms with Crippen LogP contribution >= 0.6 is 0 Å². The molecule has 158 valence electrons. The van der Waals surface area contributed by atoms with E-state index in [0.717, 1.165) is 38.5 Å². The van der Waals surface area contributed by atoms with Gasteiger partial charge in [0.15, 0.2) is 0 Å². The van der Waals surface area contributed by atoms with Crippen LogP contribution in [0.2, 0.25) is 0 Å². The van der Waals surface area contributed by atoms with Crippen molar-refractivity contribution >= 4 is 11.8 Å². The number of nitrogens with one attached hydrogen (secondary N) is 1. The van der Waals surface area contributed by atoms with Crippen molar-refractivity contribution < 1.29 is 23.8 Å². The lowest BCUT2D eigenvalue weighted by Gasteiger charge is -2.34. The van der Waals surface area contributed by atoms with E-state index >= 15 is 0 Å². The largest absolute Gasteiger partial charge is 0.382 e. The van der Waals surface area contributed by atoms with Crippen LogP contribution < -0.4 is 11.1 Å². The Kier molecular flexibility index (Phi) is 13.9. The molecule has 0 bridgehead atoms. The summed E-state index contributed by atoms with van der Waals surface area (Å²) in [5, 5.41) is 2.97. The molecule has 0 aromatic heterocycles. The molecule has 1 unspecified atom stereocenters. The first-order valence-corrected chi connectivity index (χ1v) is 10.1. The Morgan fingerprint density at radius 2 is 1.78 bits per heavy atom. The van der Waals surface area contributed by atoms with Crippen LogP contribution in [0.15, 0.2) is 0 Å². The highest BCUT2D eigenvalue weighted by Crippen LogP contribution is 2.17. The van der Waals surface area contributed by atoms with Crippen LogP contribution in [-0.2, 0) is 23.8 Å². The number of carbonyl (C=O) groups excluding carboxylic acids is 2. The van der Waals surface area contributed by atoms with Gasteiger partial charge in [0.2, 0.25) is 11.8 Å². The number of ether oxygens (including phenoxy) is 3. The topological polar surface area (TPSA) is 103 Å². The Bertz CT molecular complexity index is 409. The zero-order chi connectivity index (χ0) is 19.7. The van der Waals surface area contributed by atoms with Crippen LogP contribution in [0, 0.1) is 0 Å². The highest BCUT2D eigenvalue weighted by atomic mass is 16.5. The summed E-state index contributed by atoms with van der Waals surface area (Å²) in [5.41, 5.74) is 5.47. The summed E-state index contributed by atoms with van der Waals surface area (Å²) in [4.78, 5) is 26.6. The molecule has 2 amide bonds. The van der Waals surface area contributed by atoms with Crippen molar-refractivity contribution in [3.05, 3.63) is 0 Å². The van der Waals surface area contributed by atoms with Crippen molar-refractivity contribution in [2.75, 3.05) is 59.8 Å². The predicted molar refractivity (Wildman–Crippen MR) is 103 cm³/mol. The number of unbranched alkanes of at least 4 members (excludes halogenated alkanes) is 3. The van der Waals surface area contributed by atoms with E-state index in [1.807, 2.05) is 0 Å². The Balaban J connectivity index is 2.25. The summed E-state index contributed by atoms with van der Waals surface area (Å²) < 4.78 is 15.6. The SMILES string of the molecule is COCCOCCOCC(=O)N1CCCCC1C(=O)NCCCCCCN. The van der Waals surface area contributed by atoms with Crippen LogP contribution in [-0.4, -0.2) is 82.5 Å². The van der Waals surface area contributed by atoms with Gasteiger partial charge >= 0.3 is 0 Å². The minimum absolute atomic E-state index is 0.0174. The fraction of sp³-hybridized carbons (Fsp3) is 0.895. The lowest BCUT2D eigenvalue weighted by Crippen LogP contribution is -2.53. The molecule has 0 aromatic rings. The molecular formula is C19H37N3O5. The molecule has 1 atom stereocenters. The Morgan fingerprint density at radius 3 is 2.56 bits per heavy atom. The van der Waals surface area contributed by atoms with Gasteiger partial charge in [0.25, 0.3) is 0 Å². The average Bonchev–Trinajstić information content (AvgIpc) is 2.69. The Labute approximate surface area is 163 Å². The molecule has 8 nitrogen and oxygen atoms in total. The molecule has 1 aliphatic heterocycles. The maximum absolute atomic E-state index is 12.5.